The maximum absolute atomic E-state index is 5.83. The fourth-order valence-electron chi connectivity index (χ4n) is 4.28. The van der Waals surface area contributed by atoms with E-state index < -0.39 is 0 Å². The summed E-state index contributed by atoms with van der Waals surface area (Å²) in [6.07, 6.45) is 3.18. The summed E-state index contributed by atoms with van der Waals surface area (Å²) in [6.45, 7) is 13.7. The Morgan fingerprint density at radius 2 is 1.81 bits per heavy atom. The fraction of sp³-hybridized carbons (Fsp3) is 0.762. The normalized spacial score (nSPS) is 19.3. The zero-order valence-corrected chi connectivity index (χ0v) is 19.0. The van der Waals surface area contributed by atoms with E-state index in [0.717, 1.165) is 49.0 Å². The van der Waals surface area contributed by atoms with Crippen LogP contribution in [0.25, 0.3) is 0 Å². The molecule has 0 atom stereocenters. The van der Waals surface area contributed by atoms with Crippen molar-refractivity contribution in [3.63, 3.8) is 0 Å². The Balaban J connectivity index is 2.03. The Morgan fingerprint density at radius 1 is 1.19 bits per heavy atom. The highest BCUT2D eigenvalue weighted by molar-refractivity contribution is 7.80. The van der Waals surface area contributed by atoms with E-state index in [0.29, 0.717) is 12.6 Å². The van der Waals surface area contributed by atoms with Gasteiger partial charge >= 0.3 is 0 Å². The number of furan rings is 1. The summed E-state index contributed by atoms with van der Waals surface area (Å²) in [4.78, 5) is 4.46. The molecule has 0 aromatic carbocycles. The lowest BCUT2D eigenvalue weighted by atomic mass is 9.80. The molecular formula is C21H38N4OS. The van der Waals surface area contributed by atoms with Gasteiger partial charge in [-0.15, -0.1) is 0 Å². The minimum atomic E-state index is 0.100. The molecule has 0 amide bonds. The van der Waals surface area contributed by atoms with E-state index in [9.17, 15) is 0 Å². The third-order valence-corrected chi connectivity index (χ3v) is 5.36. The first-order valence-corrected chi connectivity index (χ1v) is 10.4. The number of hydrogen-bond acceptors (Lipinski definition) is 4. The van der Waals surface area contributed by atoms with Gasteiger partial charge in [-0.25, -0.2) is 0 Å². The summed E-state index contributed by atoms with van der Waals surface area (Å²) in [7, 11) is 4.21. The van der Waals surface area contributed by atoms with Gasteiger partial charge in [-0.2, -0.15) is 0 Å². The van der Waals surface area contributed by atoms with E-state index in [-0.39, 0.29) is 11.1 Å². The van der Waals surface area contributed by atoms with Crippen molar-refractivity contribution in [1.82, 2.24) is 20.4 Å². The molecule has 1 aromatic rings. The first kappa shape index (κ1) is 22.2. The van der Waals surface area contributed by atoms with Crippen LogP contribution in [-0.2, 0) is 6.54 Å². The molecule has 5 nitrogen and oxygen atoms in total. The van der Waals surface area contributed by atoms with Gasteiger partial charge in [-0.3, -0.25) is 0 Å². The van der Waals surface area contributed by atoms with Crippen LogP contribution in [0, 0.1) is 6.92 Å². The Hall–Kier alpha value is -1.11. The van der Waals surface area contributed by atoms with E-state index in [4.69, 9.17) is 16.6 Å². The van der Waals surface area contributed by atoms with Gasteiger partial charge in [-0.1, -0.05) is 0 Å². The molecule has 1 saturated heterocycles. The number of piperidine rings is 1. The summed E-state index contributed by atoms with van der Waals surface area (Å²) in [5.41, 5.74) is 0.200. The molecule has 1 fully saturated rings. The van der Waals surface area contributed by atoms with Crippen molar-refractivity contribution in [3.8, 4) is 0 Å². The molecule has 2 N–H and O–H groups in total. The van der Waals surface area contributed by atoms with Crippen LogP contribution in [0.2, 0.25) is 0 Å². The average molecular weight is 395 g/mol. The predicted molar refractivity (Wildman–Crippen MR) is 117 cm³/mol. The Morgan fingerprint density at radius 3 is 2.33 bits per heavy atom. The quantitative estimate of drug-likeness (QED) is 0.690. The summed E-state index contributed by atoms with van der Waals surface area (Å²) in [5.74, 6) is 1.91. The van der Waals surface area contributed by atoms with Gasteiger partial charge in [0, 0.05) is 23.7 Å². The lowest BCUT2D eigenvalue weighted by Gasteiger charge is -2.47. The molecule has 0 saturated carbocycles. The van der Waals surface area contributed by atoms with E-state index in [1.165, 1.54) is 0 Å². The maximum Gasteiger partial charge on any atom is 0.169 e. The van der Waals surface area contributed by atoms with Crippen molar-refractivity contribution < 1.29 is 4.42 Å². The minimum absolute atomic E-state index is 0.100. The Labute approximate surface area is 170 Å². The first-order chi connectivity index (χ1) is 12.5. The summed E-state index contributed by atoms with van der Waals surface area (Å²) in [6, 6.07) is 4.44. The zero-order valence-electron chi connectivity index (χ0n) is 18.2. The average Bonchev–Trinajstić information content (AvgIpc) is 2.87. The second-order valence-electron chi connectivity index (χ2n) is 9.54. The highest BCUT2D eigenvalue weighted by Crippen LogP contribution is 2.28. The number of thiocarbonyl (C=S) groups is 1. The highest BCUT2D eigenvalue weighted by Gasteiger charge is 2.38. The van der Waals surface area contributed by atoms with Gasteiger partial charge in [0.25, 0.3) is 0 Å². The molecule has 1 aromatic heterocycles. The van der Waals surface area contributed by atoms with Crippen LogP contribution in [0.1, 0.15) is 58.5 Å². The second kappa shape index (κ2) is 8.93. The molecule has 27 heavy (non-hydrogen) atoms. The summed E-state index contributed by atoms with van der Waals surface area (Å²) < 4.78 is 5.80. The van der Waals surface area contributed by atoms with Crippen LogP contribution in [0.15, 0.2) is 16.5 Å². The van der Waals surface area contributed by atoms with E-state index in [2.05, 4.69) is 62.2 Å². The predicted octanol–water partition coefficient (Wildman–Crippen LogP) is 3.53. The SMILES string of the molecule is Cc1ccc(CN(CCCN(C)C)C(=S)NC2CC(C)(C)NC(C)(C)C2)o1. The summed E-state index contributed by atoms with van der Waals surface area (Å²) >= 11 is 5.83. The Bertz CT molecular complexity index is 607. The van der Waals surface area contributed by atoms with Gasteiger partial charge in [0.05, 0.1) is 6.54 Å². The molecule has 2 heterocycles. The third-order valence-electron chi connectivity index (χ3n) is 4.98. The number of nitrogens with one attached hydrogen (secondary N) is 2. The monoisotopic (exact) mass is 394 g/mol. The Kier molecular flexibility index (Phi) is 7.33. The van der Waals surface area contributed by atoms with Crippen molar-refractivity contribution in [3.05, 3.63) is 23.7 Å². The molecule has 1 aliphatic heterocycles. The van der Waals surface area contributed by atoms with Crippen LogP contribution >= 0.6 is 12.2 Å². The molecule has 0 radical (unpaired) electrons. The van der Waals surface area contributed by atoms with Crippen LogP contribution in [0.3, 0.4) is 0 Å². The van der Waals surface area contributed by atoms with E-state index in [1.807, 2.05) is 19.1 Å². The van der Waals surface area contributed by atoms with Crippen molar-refractivity contribution in [1.29, 1.82) is 0 Å². The number of aryl methyl sites for hydroxylation is 1. The molecule has 1 aliphatic rings. The smallest absolute Gasteiger partial charge is 0.169 e. The number of rotatable bonds is 7. The topological polar surface area (TPSA) is 43.7 Å². The molecule has 0 spiro atoms. The van der Waals surface area contributed by atoms with Gasteiger partial charge in [0.1, 0.15) is 11.5 Å². The van der Waals surface area contributed by atoms with Gasteiger partial charge in [0.15, 0.2) is 5.11 Å². The third kappa shape index (κ3) is 7.43. The van der Waals surface area contributed by atoms with Crippen molar-refractivity contribution >= 4 is 17.3 Å². The number of hydrogen-bond donors (Lipinski definition) is 2. The van der Waals surface area contributed by atoms with Gasteiger partial charge in [-0.05, 0) is 98.9 Å². The summed E-state index contributed by atoms with van der Waals surface area (Å²) in [5, 5.41) is 8.23. The largest absolute Gasteiger partial charge is 0.464 e. The molecule has 6 heteroatoms. The molecule has 0 unspecified atom stereocenters. The van der Waals surface area contributed by atoms with Crippen LogP contribution in [-0.4, -0.2) is 59.2 Å². The lowest BCUT2D eigenvalue weighted by Crippen LogP contribution is -2.62. The molecule has 0 bridgehead atoms. The van der Waals surface area contributed by atoms with Gasteiger partial charge in [0.2, 0.25) is 0 Å². The van der Waals surface area contributed by atoms with Crippen molar-refractivity contribution in [2.75, 3.05) is 27.2 Å². The van der Waals surface area contributed by atoms with E-state index >= 15 is 0 Å². The molecule has 0 aliphatic carbocycles. The second-order valence-corrected chi connectivity index (χ2v) is 9.92. The fourth-order valence-corrected chi connectivity index (χ4v) is 4.60. The van der Waals surface area contributed by atoms with Gasteiger partial charge < -0.3 is 24.9 Å². The lowest BCUT2D eigenvalue weighted by molar-refractivity contribution is 0.153. The molecule has 2 rings (SSSR count). The van der Waals surface area contributed by atoms with Crippen LogP contribution in [0.5, 0.6) is 0 Å². The minimum Gasteiger partial charge on any atom is -0.464 e. The number of nitrogens with zero attached hydrogens (tertiary/aromatic N) is 2. The maximum atomic E-state index is 5.83. The standard InChI is InChI=1S/C21H38N4OS/c1-16-9-10-18(26-16)15-25(12-8-11-24(6)7)19(27)22-17-13-20(2,3)23-21(4,5)14-17/h9-10,17,23H,8,11-15H2,1-7H3,(H,22,27). The van der Waals surface area contributed by atoms with Crippen molar-refractivity contribution in [2.24, 2.45) is 0 Å². The first-order valence-electron chi connectivity index (χ1n) is 10.0. The van der Waals surface area contributed by atoms with Crippen LogP contribution in [0.4, 0.5) is 0 Å². The van der Waals surface area contributed by atoms with Crippen molar-refractivity contribution in [2.45, 2.75) is 77.5 Å². The molecule has 154 valence electrons. The van der Waals surface area contributed by atoms with E-state index in [1.54, 1.807) is 0 Å². The molecular weight excluding hydrogens is 356 g/mol. The zero-order chi connectivity index (χ0) is 20.2. The van der Waals surface area contributed by atoms with Crippen LogP contribution < -0.4 is 10.6 Å². The highest BCUT2D eigenvalue weighted by atomic mass is 32.1.